The minimum absolute atomic E-state index is 0.602. The van der Waals surface area contributed by atoms with Crippen LogP contribution in [0.3, 0.4) is 0 Å². The zero-order valence-electron chi connectivity index (χ0n) is 13.5. The van der Waals surface area contributed by atoms with Gasteiger partial charge >= 0.3 is 0 Å². The third-order valence-corrected chi connectivity index (χ3v) is 4.93. The predicted molar refractivity (Wildman–Crippen MR) is 95.2 cm³/mol. The van der Waals surface area contributed by atoms with Crippen molar-refractivity contribution in [3.8, 4) is 22.4 Å². The van der Waals surface area contributed by atoms with Crippen LogP contribution >= 0.6 is 0 Å². The van der Waals surface area contributed by atoms with Crippen molar-refractivity contribution in [3.63, 3.8) is 0 Å². The molecule has 1 aliphatic carbocycles. The lowest BCUT2D eigenvalue weighted by atomic mass is 9.83. The second-order valence-electron chi connectivity index (χ2n) is 6.51. The van der Waals surface area contributed by atoms with Gasteiger partial charge in [0.2, 0.25) is 5.69 Å². The molecule has 114 valence electrons. The SMILES string of the molecule is CC1CCCc2c(-c3ccccc3)cc(-c3ccccc3)[nH+]c21. The van der Waals surface area contributed by atoms with Crippen molar-refractivity contribution < 1.29 is 4.98 Å². The van der Waals surface area contributed by atoms with Gasteiger partial charge < -0.3 is 0 Å². The van der Waals surface area contributed by atoms with Crippen LogP contribution < -0.4 is 4.98 Å². The minimum Gasteiger partial charge on any atom is -0.208 e. The molecule has 0 bridgehead atoms. The minimum atomic E-state index is 0.602. The predicted octanol–water partition coefficient (Wildman–Crippen LogP) is 5.27. The lowest BCUT2D eigenvalue weighted by Gasteiger charge is -2.20. The highest BCUT2D eigenvalue weighted by atomic mass is 14.7. The second-order valence-corrected chi connectivity index (χ2v) is 6.51. The highest BCUT2D eigenvalue weighted by molar-refractivity contribution is 5.72. The topological polar surface area (TPSA) is 14.1 Å². The third-order valence-electron chi connectivity index (χ3n) is 4.93. The first-order chi connectivity index (χ1) is 11.3. The molecule has 0 aliphatic heterocycles. The number of benzene rings is 2. The van der Waals surface area contributed by atoms with E-state index in [0.29, 0.717) is 5.92 Å². The monoisotopic (exact) mass is 300 g/mol. The van der Waals surface area contributed by atoms with Crippen LogP contribution in [-0.4, -0.2) is 0 Å². The van der Waals surface area contributed by atoms with Crippen molar-refractivity contribution in [2.45, 2.75) is 32.1 Å². The zero-order valence-corrected chi connectivity index (χ0v) is 13.5. The molecule has 1 N–H and O–H groups in total. The summed E-state index contributed by atoms with van der Waals surface area (Å²) in [6.45, 7) is 2.35. The van der Waals surface area contributed by atoms with Crippen LogP contribution in [-0.2, 0) is 6.42 Å². The molecule has 0 radical (unpaired) electrons. The number of aromatic amines is 1. The van der Waals surface area contributed by atoms with Gasteiger partial charge in [0.1, 0.15) is 0 Å². The Labute approximate surface area is 138 Å². The number of rotatable bonds is 2. The molecule has 1 heteroatoms. The maximum atomic E-state index is 3.74. The largest absolute Gasteiger partial charge is 0.211 e. The molecule has 0 saturated heterocycles. The van der Waals surface area contributed by atoms with Crippen LogP contribution in [0.4, 0.5) is 0 Å². The molecule has 3 aromatic rings. The number of aromatic nitrogens is 1. The van der Waals surface area contributed by atoms with Gasteiger partial charge in [-0.25, -0.2) is 4.98 Å². The fourth-order valence-electron chi connectivity index (χ4n) is 3.70. The van der Waals surface area contributed by atoms with E-state index in [2.05, 4.69) is 78.6 Å². The quantitative estimate of drug-likeness (QED) is 0.612. The summed E-state index contributed by atoms with van der Waals surface area (Å²) in [5, 5.41) is 0. The Hall–Kier alpha value is -2.41. The smallest absolute Gasteiger partial charge is 0.208 e. The van der Waals surface area contributed by atoms with E-state index in [1.165, 1.54) is 52.9 Å². The summed E-state index contributed by atoms with van der Waals surface area (Å²) in [5.74, 6) is 0.602. The van der Waals surface area contributed by atoms with Crippen LogP contribution in [0.25, 0.3) is 22.4 Å². The lowest BCUT2D eigenvalue weighted by Crippen LogP contribution is -2.23. The van der Waals surface area contributed by atoms with Crippen molar-refractivity contribution in [2.24, 2.45) is 0 Å². The Kier molecular flexibility index (Phi) is 3.70. The van der Waals surface area contributed by atoms with E-state index in [9.17, 15) is 0 Å². The van der Waals surface area contributed by atoms with Gasteiger partial charge in [0.15, 0.2) is 5.69 Å². The van der Waals surface area contributed by atoms with Crippen molar-refractivity contribution in [1.29, 1.82) is 0 Å². The summed E-state index contributed by atoms with van der Waals surface area (Å²) in [7, 11) is 0. The summed E-state index contributed by atoms with van der Waals surface area (Å²) in [6, 6.07) is 23.8. The molecule has 1 nitrogen and oxygen atoms in total. The van der Waals surface area contributed by atoms with E-state index in [1.54, 1.807) is 0 Å². The van der Waals surface area contributed by atoms with E-state index in [1.807, 2.05) is 0 Å². The van der Waals surface area contributed by atoms with Crippen molar-refractivity contribution >= 4 is 0 Å². The van der Waals surface area contributed by atoms with E-state index in [-0.39, 0.29) is 0 Å². The molecule has 2 aromatic carbocycles. The van der Waals surface area contributed by atoms with Crippen LogP contribution in [0.15, 0.2) is 66.7 Å². The average Bonchev–Trinajstić information content (AvgIpc) is 2.63. The van der Waals surface area contributed by atoms with E-state index in [0.717, 1.165) is 0 Å². The molecule has 23 heavy (non-hydrogen) atoms. The van der Waals surface area contributed by atoms with Crippen LogP contribution in [0, 0.1) is 0 Å². The standard InChI is InChI=1S/C22H21N/c1-16-9-8-14-19-20(17-10-4-2-5-11-17)15-21(23-22(16)19)18-12-6-3-7-13-18/h2-7,10-13,15-16H,8-9,14H2,1H3/p+1. The van der Waals surface area contributed by atoms with Crippen LogP contribution in [0.1, 0.15) is 36.9 Å². The molecule has 0 spiro atoms. The maximum absolute atomic E-state index is 3.74. The highest BCUT2D eigenvalue weighted by Gasteiger charge is 2.27. The Morgan fingerprint density at radius 1 is 0.870 bits per heavy atom. The van der Waals surface area contributed by atoms with Gasteiger partial charge in [-0.05, 0) is 42.5 Å². The Morgan fingerprint density at radius 3 is 2.22 bits per heavy atom. The lowest BCUT2D eigenvalue weighted by molar-refractivity contribution is -0.381. The summed E-state index contributed by atoms with van der Waals surface area (Å²) in [5.41, 5.74) is 8.13. The normalized spacial score (nSPS) is 16.8. The van der Waals surface area contributed by atoms with Crippen molar-refractivity contribution in [2.75, 3.05) is 0 Å². The van der Waals surface area contributed by atoms with Crippen LogP contribution in [0.2, 0.25) is 0 Å². The number of pyridine rings is 1. The average molecular weight is 300 g/mol. The van der Waals surface area contributed by atoms with Crippen molar-refractivity contribution in [3.05, 3.63) is 78.0 Å². The van der Waals surface area contributed by atoms with Crippen molar-refractivity contribution in [1.82, 2.24) is 0 Å². The molecule has 1 heterocycles. The molecule has 0 saturated carbocycles. The zero-order chi connectivity index (χ0) is 15.6. The summed E-state index contributed by atoms with van der Waals surface area (Å²) < 4.78 is 0. The maximum Gasteiger partial charge on any atom is 0.211 e. The van der Waals surface area contributed by atoms with E-state index >= 15 is 0 Å². The molecular formula is C22H22N+. The number of hydrogen-bond acceptors (Lipinski definition) is 0. The van der Waals surface area contributed by atoms with Gasteiger partial charge in [-0.2, -0.15) is 0 Å². The molecule has 1 aliphatic rings. The molecule has 1 atom stereocenters. The summed E-state index contributed by atoms with van der Waals surface area (Å²) in [6.07, 6.45) is 3.73. The van der Waals surface area contributed by atoms with Gasteiger partial charge in [-0.3, -0.25) is 0 Å². The number of nitrogens with one attached hydrogen (secondary N) is 1. The number of fused-ring (bicyclic) bond motifs is 1. The van der Waals surface area contributed by atoms with E-state index in [4.69, 9.17) is 0 Å². The first-order valence-corrected chi connectivity index (χ1v) is 8.53. The fraction of sp³-hybridized carbons (Fsp3) is 0.227. The van der Waals surface area contributed by atoms with E-state index < -0.39 is 0 Å². The van der Waals surface area contributed by atoms with Crippen LogP contribution in [0.5, 0.6) is 0 Å². The summed E-state index contributed by atoms with van der Waals surface area (Å²) in [4.78, 5) is 3.74. The number of H-pyrrole nitrogens is 1. The van der Waals surface area contributed by atoms with Gasteiger partial charge in [-0.1, -0.05) is 55.5 Å². The highest BCUT2D eigenvalue weighted by Crippen LogP contribution is 2.36. The first kappa shape index (κ1) is 14.2. The van der Waals surface area contributed by atoms with Gasteiger partial charge in [0, 0.05) is 23.1 Å². The Bertz CT molecular complexity index is 806. The first-order valence-electron chi connectivity index (χ1n) is 8.53. The molecule has 4 rings (SSSR count). The molecule has 1 aromatic heterocycles. The number of hydrogen-bond donors (Lipinski definition) is 0. The fourth-order valence-corrected chi connectivity index (χ4v) is 3.70. The molecule has 0 fully saturated rings. The summed E-state index contributed by atoms with van der Waals surface area (Å²) >= 11 is 0. The second kappa shape index (κ2) is 6.00. The third kappa shape index (κ3) is 2.68. The Morgan fingerprint density at radius 2 is 1.52 bits per heavy atom. The molecule has 1 unspecified atom stereocenters. The van der Waals surface area contributed by atoms with Gasteiger partial charge in [0.05, 0.1) is 0 Å². The Balaban J connectivity index is 1.95. The molecule has 0 amide bonds. The van der Waals surface area contributed by atoms with Gasteiger partial charge in [-0.15, -0.1) is 0 Å². The van der Waals surface area contributed by atoms with Gasteiger partial charge in [0.25, 0.3) is 0 Å². The molecular weight excluding hydrogens is 278 g/mol.